The third-order valence-corrected chi connectivity index (χ3v) is 14.0. The summed E-state index contributed by atoms with van der Waals surface area (Å²) in [5.41, 5.74) is 0. The number of unbranched alkanes of at least 4 members (excludes halogenated alkanes) is 14. The number of rotatable bonds is 61. The molecule has 87 heavy (non-hydrogen) atoms. The smallest absolute Gasteiger partial charge is 0.326 e. The molecule has 12 N–H and O–H groups in total. The van der Waals surface area contributed by atoms with E-state index in [0.717, 1.165) is 51.4 Å². The van der Waals surface area contributed by atoms with Crippen molar-refractivity contribution in [1.82, 2.24) is 31.9 Å². The fourth-order valence-corrected chi connectivity index (χ4v) is 8.93. The number of Topliss-reactive ketones (excluding diaryl/α,β-unsaturated/α-hetero) is 2. The molecule has 0 unspecified atom stereocenters. The summed E-state index contributed by atoms with van der Waals surface area (Å²) in [5.74, 6) is -10.8. The topological polar surface area (TPSA) is 435 Å². The maximum atomic E-state index is 12.6. The van der Waals surface area contributed by atoms with E-state index < -0.39 is 109 Å². The van der Waals surface area contributed by atoms with Gasteiger partial charge in [-0.3, -0.25) is 53.3 Å². The molecular formula is C59H102N6O22. The quantitative estimate of drug-likeness (QED) is 0.0389. The highest BCUT2D eigenvalue weighted by molar-refractivity contribution is 5.87. The molecule has 0 aliphatic heterocycles. The third-order valence-electron chi connectivity index (χ3n) is 14.0. The number of amides is 5. The van der Waals surface area contributed by atoms with Crippen LogP contribution in [-0.4, -0.2) is 205 Å². The van der Waals surface area contributed by atoms with Crippen molar-refractivity contribution in [3.05, 3.63) is 0 Å². The highest BCUT2D eigenvalue weighted by Crippen LogP contribution is 2.17. The van der Waals surface area contributed by atoms with Crippen LogP contribution in [0.2, 0.25) is 0 Å². The lowest BCUT2D eigenvalue weighted by atomic mass is 9.94. The van der Waals surface area contributed by atoms with Crippen molar-refractivity contribution in [3.8, 4) is 0 Å². The molecule has 500 valence electrons. The van der Waals surface area contributed by atoms with Crippen molar-refractivity contribution in [3.63, 3.8) is 0 Å². The molecule has 28 heteroatoms. The molecule has 0 rings (SSSR count). The minimum absolute atomic E-state index is 0.0229. The number of aliphatic hydroxyl groups is 1. The number of ketones is 2. The Balaban J connectivity index is 4.07. The monoisotopic (exact) mass is 1250 g/mol. The van der Waals surface area contributed by atoms with Gasteiger partial charge in [0.25, 0.3) is 0 Å². The number of carbonyl (C=O) groups is 12. The Kier molecular flexibility index (Phi) is 49.1. The Morgan fingerprint density at radius 1 is 0.402 bits per heavy atom. The second-order valence-corrected chi connectivity index (χ2v) is 21.5. The van der Waals surface area contributed by atoms with Gasteiger partial charge in [-0.15, -0.1) is 0 Å². The molecule has 0 saturated carbocycles. The summed E-state index contributed by atoms with van der Waals surface area (Å²) in [4.78, 5) is 144. The standard InChI is InChI=1S/C59H102N6O22/c1-3-43(48(68)39-63-55(42(2)66)59(82)83)20-18-19-29-60-49(69)27-24-47(58(80)81)65-52(72)26-23-44(56(76)77)38-45(67)40-86-36-34-85-33-31-62-53(73)41-87-37-35-84-32-30-61-50(70)28-25-46(57(78)79)64-51(71)21-16-14-12-10-8-6-4-5-7-9-11-13-15-17-22-54(74)75/h42-44,46-47,55,63,66H,3-41H2,1-2H3,(H,60,69)(H,61,70)(H,62,73)(H,64,71)(H,65,72)(H,74,75)(H,76,77)(H,78,79)(H,80,81)(H,82,83)/t42-,43+,44-,46+,47+,55+/m1/s1. The molecule has 0 spiro atoms. The number of nitrogens with one attached hydrogen (secondary N) is 6. The summed E-state index contributed by atoms with van der Waals surface area (Å²) < 4.78 is 21.3. The van der Waals surface area contributed by atoms with Gasteiger partial charge < -0.3 is 76.2 Å². The first kappa shape index (κ1) is 80.8. The first-order chi connectivity index (χ1) is 41.6. The van der Waals surface area contributed by atoms with Crippen LogP contribution in [0.3, 0.4) is 0 Å². The fourth-order valence-electron chi connectivity index (χ4n) is 8.93. The number of carbonyl (C=O) groups excluding carboxylic acids is 7. The van der Waals surface area contributed by atoms with Crippen molar-refractivity contribution in [2.24, 2.45) is 11.8 Å². The van der Waals surface area contributed by atoms with Gasteiger partial charge in [0.05, 0.1) is 58.2 Å². The van der Waals surface area contributed by atoms with Crippen molar-refractivity contribution in [1.29, 1.82) is 0 Å². The first-order valence-electron chi connectivity index (χ1n) is 30.9. The Morgan fingerprint density at radius 2 is 0.839 bits per heavy atom. The summed E-state index contributed by atoms with van der Waals surface area (Å²) in [6, 6.07) is -3.91. The number of ether oxygens (including phenoxy) is 4. The average molecular weight is 1250 g/mol. The van der Waals surface area contributed by atoms with Crippen LogP contribution in [-0.2, 0) is 76.5 Å². The summed E-state index contributed by atoms with van der Waals surface area (Å²) in [7, 11) is 0. The zero-order chi connectivity index (χ0) is 65.0. The van der Waals surface area contributed by atoms with Gasteiger partial charge in [-0.25, -0.2) is 9.59 Å². The molecule has 28 nitrogen and oxygen atoms in total. The van der Waals surface area contributed by atoms with Crippen molar-refractivity contribution >= 4 is 70.9 Å². The molecule has 0 heterocycles. The van der Waals surface area contributed by atoms with E-state index in [1.807, 2.05) is 6.92 Å². The summed E-state index contributed by atoms with van der Waals surface area (Å²) in [5, 5.41) is 71.5. The van der Waals surface area contributed by atoms with Gasteiger partial charge in [0.15, 0.2) is 5.78 Å². The average Bonchev–Trinajstić information content (AvgIpc) is 3.52. The van der Waals surface area contributed by atoms with Crippen molar-refractivity contribution < 1.29 is 107 Å². The van der Waals surface area contributed by atoms with Gasteiger partial charge in [0.1, 0.15) is 37.1 Å². The highest BCUT2D eigenvalue weighted by Gasteiger charge is 2.27. The molecule has 0 saturated heterocycles. The normalized spacial score (nSPS) is 13.2. The summed E-state index contributed by atoms with van der Waals surface area (Å²) in [6.07, 6.45) is 14.2. The molecule has 0 bridgehead atoms. The van der Waals surface area contributed by atoms with Crippen molar-refractivity contribution in [2.75, 3.05) is 79.0 Å². The SMILES string of the molecule is CC[C@@H](CCCCNC(=O)CC[C@H](NC(=O)CC[C@H](CC(=O)COCCOCCNC(=O)COCCOCCNC(=O)CC[C@H](NC(=O)CCCCCCCCCCCCCCCCC(=O)O)C(=O)O)C(=O)O)C(=O)O)C(=O)CN[C@H](C(=O)O)[C@@H](C)O. The van der Waals surface area contributed by atoms with Crippen LogP contribution in [0.5, 0.6) is 0 Å². The number of hydrogen-bond acceptors (Lipinski definition) is 18. The maximum absolute atomic E-state index is 12.6. The molecule has 0 aromatic carbocycles. The summed E-state index contributed by atoms with van der Waals surface area (Å²) >= 11 is 0. The second kappa shape index (κ2) is 52.9. The van der Waals surface area contributed by atoms with Crippen LogP contribution in [0.25, 0.3) is 0 Å². The molecule has 0 aliphatic rings. The predicted octanol–water partition coefficient (Wildman–Crippen LogP) is 3.06. The highest BCUT2D eigenvalue weighted by atomic mass is 16.5. The summed E-state index contributed by atoms with van der Waals surface area (Å²) in [6.45, 7) is 3.23. The number of hydrogen-bond donors (Lipinski definition) is 12. The lowest BCUT2D eigenvalue weighted by Gasteiger charge is -2.19. The van der Waals surface area contributed by atoms with E-state index >= 15 is 0 Å². The molecular weight excluding hydrogens is 1140 g/mol. The molecule has 6 atom stereocenters. The molecule has 0 fully saturated rings. The van der Waals surface area contributed by atoms with E-state index in [0.29, 0.717) is 32.1 Å². The molecule has 0 aromatic rings. The van der Waals surface area contributed by atoms with Crippen LogP contribution in [0.4, 0.5) is 0 Å². The minimum atomic E-state index is -1.44. The molecule has 0 radical (unpaired) electrons. The van der Waals surface area contributed by atoms with Gasteiger partial charge in [-0.05, 0) is 58.3 Å². The van der Waals surface area contributed by atoms with E-state index in [2.05, 4.69) is 31.9 Å². The first-order valence-corrected chi connectivity index (χ1v) is 30.9. The Bertz CT molecular complexity index is 2030. The van der Waals surface area contributed by atoms with Crippen LogP contribution in [0.15, 0.2) is 0 Å². The van der Waals surface area contributed by atoms with Crippen LogP contribution >= 0.6 is 0 Å². The Labute approximate surface area is 510 Å². The van der Waals surface area contributed by atoms with E-state index in [1.54, 1.807) is 0 Å². The zero-order valence-electron chi connectivity index (χ0n) is 51.3. The largest absolute Gasteiger partial charge is 0.481 e. The van der Waals surface area contributed by atoms with Gasteiger partial charge in [-0.1, -0.05) is 90.4 Å². The van der Waals surface area contributed by atoms with E-state index in [4.69, 9.17) is 24.1 Å². The van der Waals surface area contributed by atoms with Crippen LogP contribution < -0.4 is 31.9 Å². The second-order valence-electron chi connectivity index (χ2n) is 21.5. The lowest BCUT2D eigenvalue weighted by Crippen LogP contribution is -2.47. The number of aliphatic carboxylic acids is 5. The third kappa shape index (κ3) is 47.5. The van der Waals surface area contributed by atoms with E-state index in [-0.39, 0.29) is 135 Å². The van der Waals surface area contributed by atoms with Gasteiger partial charge in [-0.2, -0.15) is 0 Å². The molecule has 5 amide bonds. The Hall–Kier alpha value is -6.20. The van der Waals surface area contributed by atoms with Crippen molar-refractivity contribution in [2.45, 2.75) is 211 Å². The Morgan fingerprint density at radius 3 is 1.30 bits per heavy atom. The van der Waals surface area contributed by atoms with Crippen LogP contribution in [0.1, 0.15) is 187 Å². The maximum Gasteiger partial charge on any atom is 0.326 e. The number of carboxylic acids is 5. The zero-order valence-corrected chi connectivity index (χ0v) is 51.3. The van der Waals surface area contributed by atoms with Crippen LogP contribution in [0, 0.1) is 11.8 Å². The van der Waals surface area contributed by atoms with Gasteiger partial charge >= 0.3 is 29.8 Å². The lowest BCUT2D eigenvalue weighted by molar-refractivity contribution is -0.145. The number of aliphatic hydroxyl groups excluding tert-OH is 1. The minimum Gasteiger partial charge on any atom is -0.481 e. The van der Waals surface area contributed by atoms with E-state index in [9.17, 15) is 83.1 Å². The molecule has 0 aromatic heterocycles. The predicted molar refractivity (Wildman–Crippen MR) is 315 cm³/mol. The van der Waals surface area contributed by atoms with Gasteiger partial charge in [0.2, 0.25) is 29.5 Å². The molecule has 0 aliphatic carbocycles. The van der Waals surface area contributed by atoms with Gasteiger partial charge in [0, 0.05) is 64.1 Å². The fraction of sp³-hybridized carbons (Fsp3) is 0.797. The number of carboxylic acid groups (broad SMARTS) is 5. The van der Waals surface area contributed by atoms with E-state index in [1.165, 1.54) is 39.0 Å².